The first-order chi connectivity index (χ1) is 27.6. The van der Waals surface area contributed by atoms with Crippen LogP contribution in [0.4, 0.5) is 0 Å². The number of H-pyrrole nitrogens is 1. The molecule has 4 bridgehead atoms. The standard InChI is InChI=1S/C41H54N8O4.2CH4O/c1-23(52-4)36(42)40(50)48-31-16-14-29(18-31)35(48)22-45-20-33(44-3)27-10-6-25(7-11-27)26-8-12-28(13-9-26)34-21-46-39(47-34)38-30-15-17-32(19-30)49(38)41(51)37(43)24(2)53-5;2*1-2/h6-13,20-21,23-24,29-32,35-38,45H,3,14-19,22,42-43H2,1-2,4-5H3,(H,46,47);2*2H,1H3/b33-20-;;. The van der Waals surface area contributed by atoms with Crippen molar-refractivity contribution >= 4 is 24.2 Å². The third kappa shape index (κ3) is 9.01. The van der Waals surface area contributed by atoms with Crippen molar-refractivity contribution in [2.45, 2.75) is 101 Å². The molecule has 310 valence electrons. The fourth-order valence-corrected chi connectivity index (χ4v) is 9.20. The number of fused-ring (bicyclic) bond motifs is 4. The normalized spacial score (nSPS) is 25.5. The smallest absolute Gasteiger partial charge is 0.243 e. The Hall–Kier alpha value is -4.44. The number of ether oxygens (including phenoxy) is 2. The lowest BCUT2D eigenvalue weighted by atomic mass is 9.97. The number of aromatic amines is 1. The van der Waals surface area contributed by atoms with E-state index in [1.165, 1.54) is 0 Å². The molecule has 0 spiro atoms. The lowest BCUT2D eigenvalue weighted by Crippen LogP contribution is -2.57. The second-order valence-corrected chi connectivity index (χ2v) is 15.3. The number of hydrogen-bond donors (Lipinski definition) is 6. The minimum absolute atomic E-state index is 0.0307. The molecule has 2 amide bonds. The maximum absolute atomic E-state index is 13.5. The third-order valence-electron chi connectivity index (χ3n) is 12.5. The first-order valence-corrected chi connectivity index (χ1v) is 19.9. The molecule has 7 rings (SSSR count). The Bertz CT molecular complexity index is 1820. The van der Waals surface area contributed by atoms with Gasteiger partial charge in [-0.15, -0.1) is 0 Å². The van der Waals surface area contributed by atoms with E-state index >= 15 is 0 Å². The summed E-state index contributed by atoms with van der Waals surface area (Å²) in [6.45, 7) is 8.12. The first-order valence-electron chi connectivity index (χ1n) is 19.9. The van der Waals surface area contributed by atoms with E-state index < -0.39 is 12.1 Å². The van der Waals surface area contributed by atoms with E-state index in [4.69, 9.17) is 36.1 Å². The molecule has 3 heterocycles. The molecule has 2 aliphatic carbocycles. The summed E-state index contributed by atoms with van der Waals surface area (Å²) in [7, 11) is 5.17. The number of aliphatic imine (C=N–C) groups is 1. The summed E-state index contributed by atoms with van der Waals surface area (Å²) in [6, 6.07) is 15.7. The van der Waals surface area contributed by atoms with E-state index in [1.807, 2.05) is 48.2 Å². The number of aromatic nitrogens is 2. The van der Waals surface area contributed by atoms with E-state index in [0.717, 1.165) is 92.2 Å². The molecule has 2 aromatic carbocycles. The number of methoxy groups -OCH3 is 2. The molecule has 0 radical (unpaired) electrons. The van der Waals surface area contributed by atoms with E-state index in [-0.39, 0.29) is 48.2 Å². The number of piperidine rings is 2. The molecule has 57 heavy (non-hydrogen) atoms. The molecule has 4 aliphatic rings. The van der Waals surface area contributed by atoms with Gasteiger partial charge in [0.25, 0.3) is 0 Å². The number of nitrogens with two attached hydrogens (primary N) is 2. The highest BCUT2D eigenvalue weighted by Crippen LogP contribution is 2.50. The number of carbonyl (C=O) groups excluding carboxylic acids is 2. The summed E-state index contributed by atoms with van der Waals surface area (Å²) in [6.07, 6.45) is 9.32. The number of likely N-dealkylation sites (tertiary alicyclic amines) is 2. The van der Waals surface area contributed by atoms with Gasteiger partial charge in [0.05, 0.1) is 41.9 Å². The number of nitrogens with zero attached hydrogens (tertiary/aromatic N) is 4. The number of rotatable bonds is 14. The van der Waals surface area contributed by atoms with E-state index in [1.54, 1.807) is 14.2 Å². The molecule has 14 heteroatoms. The van der Waals surface area contributed by atoms with Gasteiger partial charge in [-0.3, -0.25) is 14.6 Å². The molecule has 1 aromatic heterocycles. The number of imidazole rings is 1. The predicted molar refractivity (Wildman–Crippen MR) is 223 cm³/mol. The van der Waals surface area contributed by atoms with Crippen molar-refractivity contribution in [2.24, 2.45) is 28.3 Å². The molecule has 14 nitrogen and oxygen atoms in total. The zero-order valence-corrected chi connectivity index (χ0v) is 34.2. The van der Waals surface area contributed by atoms with Crippen molar-refractivity contribution in [3.05, 3.63) is 72.3 Å². The largest absolute Gasteiger partial charge is 0.400 e. The molecule has 2 saturated heterocycles. The van der Waals surface area contributed by atoms with Crippen LogP contribution in [0.3, 0.4) is 0 Å². The van der Waals surface area contributed by atoms with E-state index in [9.17, 15) is 9.59 Å². The van der Waals surface area contributed by atoms with Gasteiger partial charge >= 0.3 is 0 Å². The highest BCUT2D eigenvalue weighted by molar-refractivity contribution is 5.84. The van der Waals surface area contributed by atoms with Crippen LogP contribution in [0, 0.1) is 11.8 Å². The average Bonchev–Trinajstić information content (AvgIpc) is 4.13. The van der Waals surface area contributed by atoms with Crippen LogP contribution in [-0.2, 0) is 19.1 Å². The van der Waals surface area contributed by atoms with E-state index in [0.29, 0.717) is 18.4 Å². The van der Waals surface area contributed by atoms with Crippen LogP contribution < -0.4 is 16.8 Å². The number of amides is 2. The number of hydrogen-bond acceptors (Lipinski definition) is 11. The second-order valence-electron chi connectivity index (χ2n) is 15.3. The summed E-state index contributed by atoms with van der Waals surface area (Å²) >= 11 is 0. The number of aliphatic hydroxyl groups excluding tert-OH is 2. The second kappa shape index (κ2) is 19.8. The van der Waals surface area contributed by atoms with Gasteiger partial charge < -0.3 is 51.3 Å². The number of aliphatic hydroxyl groups is 2. The van der Waals surface area contributed by atoms with Crippen molar-refractivity contribution in [1.82, 2.24) is 25.1 Å². The zero-order chi connectivity index (χ0) is 41.4. The maximum atomic E-state index is 13.5. The van der Waals surface area contributed by atoms with Crippen molar-refractivity contribution in [2.75, 3.05) is 35.0 Å². The van der Waals surface area contributed by atoms with Crippen LogP contribution in [0.5, 0.6) is 0 Å². The molecule has 8 N–H and O–H groups in total. The molecular formula is C43H62N8O6. The van der Waals surface area contributed by atoms with Gasteiger partial charge in [0.15, 0.2) is 0 Å². The molecule has 2 aliphatic heterocycles. The van der Waals surface area contributed by atoms with Gasteiger partial charge in [0.2, 0.25) is 11.8 Å². The minimum atomic E-state index is -0.706. The highest BCUT2D eigenvalue weighted by Gasteiger charge is 2.51. The fourth-order valence-electron chi connectivity index (χ4n) is 9.20. The number of benzene rings is 2. The van der Waals surface area contributed by atoms with Crippen molar-refractivity contribution < 1.29 is 29.3 Å². The molecule has 4 fully saturated rings. The summed E-state index contributed by atoms with van der Waals surface area (Å²) in [5.41, 5.74) is 18.4. The fraction of sp³-hybridized carbons (Fsp3) is 0.535. The van der Waals surface area contributed by atoms with Gasteiger partial charge in [0.1, 0.15) is 17.9 Å². The Morgan fingerprint density at radius 3 is 1.95 bits per heavy atom. The van der Waals surface area contributed by atoms with Crippen LogP contribution in [0.1, 0.15) is 69.8 Å². The molecule has 3 aromatic rings. The predicted octanol–water partition coefficient (Wildman–Crippen LogP) is 3.71. The Morgan fingerprint density at radius 1 is 0.860 bits per heavy atom. The lowest BCUT2D eigenvalue weighted by Gasteiger charge is -2.37. The van der Waals surface area contributed by atoms with Crippen molar-refractivity contribution in [3.63, 3.8) is 0 Å². The maximum Gasteiger partial charge on any atom is 0.243 e. The van der Waals surface area contributed by atoms with Crippen LogP contribution in [-0.4, -0.2) is 126 Å². The SMILES string of the molecule is C=N/C(=C\NCC1C2CCC(C2)N1C(=O)C(N)C(C)OC)c1ccc(-c2ccc(-c3cnc(C4C5CCC(C5)N4C(=O)C(N)C(C)OC)[nH]3)cc2)cc1.CO.CO. The number of carbonyl (C=O) groups is 2. The van der Waals surface area contributed by atoms with Gasteiger partial charge in [-0.05, 0) is 87.6 Å². The molecule has 10 unspecified atom stereocenters. The Kier molecular flexibility index (Phi) is 15.2. The topological polar surface area (TPSA) is 205 Å². The Morgan fingerprint density at radius 2 is 1.37 bits per heavy atom. The summed E-state index contributed by atoms with van der Waals surface area (Å²) in [4.78, 5) is 43.4. The third-order valence-corrected chi connectivity index (χ3v) is 12.5. The summed E-state index contributed by atoms with van der Waals surface area (Å²) in [5, 5.41) is 17.4. The molecular weight excluding hydrogens is 725 g/mol. The van der Waals surface area contributed by atoms with Gasteiger partial charge in [-0.25, -0.2) is 4.98 Å². The van der Waals surface area contributed by atoms with Crippen LogP contribution in [0.25, 0.3) is 28.1 Å². The Balaban J connectivity index is 0.00000150. The molecule has 10 atom stereocenters. The van der Waals surface area contributed by atoms with Crippen molar-refractivity contribution in [1.29, 1.82) is 0 Å². The average molecular weight is 787 g/mol. The van der Waals surface area contributed by atoms with Gasteiger partial charge in [0, 0.05) is 58.8 Å². The molecule has 2 saturated carbocycles. The number of nitrogens with one attached hydrogen (secondary N) is 2. The zero-order valence-electron chi connectivity index (χ0n) is 34.2. The summed E-state index contributed by atoms with van der Waals surface area (Å²) < 4.78 is 10.7. The monoisotopic (exact) mass is 786 g/mol. The van der Waals surface area contributed by atoms with Gasteiger partial charge in [-0.1, -0.05) is 48.5 Å². The van der Waals surface area contributed by atoms with Crippen LogP contribution >= 0.6 is 0 Å². The van der Waals surface area contributed by atoms with Gasteiger partial charge in [-0.2, -0.15) is 0 Å². The highest BCUT2D eigenvalue weighted by atomic mass is 16.5. The minimum Gasteiger partial charge on any atom is -0.400 e. The quantitative estimate of drug-likeness (QED) is 0.131. The van der Waals surface area contributed by atoms with E-state index in [2.05, 4.69) is 58.4 Å². The summed E-state index contributed by atoms with van der Waals surface area (Å²) in [5.74, 6) is 1.56. The Labute approximate surface area is 336 Å². The first kappa shape index (κ1) is 43.7. The van der Waals surface area contributed by atoms with Crippen LogP contribution in [0.2, 0.25) is 0 Å². The van der Waals surface area contributed by atoms with Crippen LogP contribution in [0.15, 0.2) is 65.9 Å². The van der Waals surface area contributed by atoms with Crippen molar-refractivity contribution in [3.8, 4) is 22.4 Å². The lowest BCUT2D eigenvalue weighted by molar-refractivity contribution is -0.140.